The topological polar surface area (TPSA) is 9.23 Å². The maximum absolute atomic E-state index is 12.9. The van der Waals surface area contributed by atoms with Crippen LogP contribution in [0, 0.1) is 30.9 Å². The van der Waals surface area contributed by atoms with Crippen LogP contribution >= 0.6 is 0 Å². The molecule has 1 aromatic rings. The Kier molecular flexibility index (Phi) is 2.86. The van der Waals surface area contributed by atoms with Gasteiger partial charge < -0.3 is 4.74 Å². The van der Waals surface area contributed by atoms with E-state index in [1.807, 2.05) is 0 Å². The summed E-state index contributed by atoms with van der Waals surface area (Å²) in [5.74, 6) is 0.105. The van der Waals surface area contributed by atoms with Crippen molar-refractivity contribution in [3.63, 3.8) is 0 Å². The Morgan fingerprint density at radius 3 is 2.77 bits per heavy atom. The van der Waals surface area contributed by atoms with Gasteiger partial charge in [0.05, 0.1) is 0 Å². The van der Waals surface area contributed by atoms with E-state index in [4.69, 9.17) is 11.2 Å². The van der Waals surface area contributed by atoms with Crippen molar-refractivity contribution < 1.29 is 13.5 Å². The molecule has 68 valence electrons. The molecule has 0 fully saturated rings. The van der Waals surface area contributed by atoms with Crippen molar-refractivity contribution in [2.45, 2.75) is 6.92 Å². The maximum atomic E-state index is 12.9. The minimum Gasteiger partial charge on any atom is -0.478 e. The molecule has 0 spiro atoms. The van der Waals surface area contributed by atoms with Crippen molar-refractivity contribution in [3.05, 3.63) is 29.3 Å². The first-order valence-corrected chi connectivity index (χ1v) is 3.67. The highest BCUT2D eigenvalue weighted by Gasteiger charge is 2.09. The van der Waals surface area contributed by atoms with Crippen molar-refractivity contribution >= 4 is 0 Å². The van der Waals surface area contributed by atoms with Crippen LogP contribution in [-0.4, -0.2) is 6.61 Å². The first-order chi connectivity index (χ1) is 6.15. The summed E-state index contributed by atoms with van der Waals surface area (Å²) in [5, 5.41) is 0. The highest BCUT2D eigenvalue weighted by Crippen LogP contribution is 2.21. The number of terminal acetylenes is 1. The molecule has 1 nitrogen and oxygen atoms in total. The number of hydrogen-bond acceptors (Lipinski definition) is 1. The molecule has 13 heavy (non-hydrogen) atoms. The second-order valence-electron chi connectivity index (χ2n) is 2.55. The molecule has 0 radical (unpaired) electrons. The van der Waals surface area contributed by atoms with Crippen molar-refractivity contribution in [2.75, 3.05) is 6.61 Å². The monoisotopic (exact) mass is 182 g/mol. The largest absolute Gasteiger partial charge is 0.478 e. The number of benzene rings is 1. The molecular formula is C10H8F2O. The number of aryl methyl sites for hydroxylation is 1. The Bertz CT molecular complexity index is 353. The molecule has 0 aliphatic carbocycles. The van der Waals surface area contributed by atoms with Gasteiger partial charge in [0.2, 0.25) is 5.82 Å². The molecule has 3 heteroatoms. The lowest BCUT2D eigenvalue weighted by atomic mass is 10.2. The zero-order valence-corrected chi connectivity index (χ0v) is 7.10. The Balaban J connectivity index is 3.00. The van der Waals surface area contributed by atoms with Gasteiger partial charge in [0.15, 0.2) is 11.6 Å². The molecule has 0 saturated heterocycles. The normalized spacial score (nSPS) is 9.38. The zero-order valence-electron chi connectivity index (χ0n) is 7.10. The quantitative estimate of drug-likeness (QED) is 0.637. The summed E-state index contributed by atoms with van der Waals surface area (Å²) in [6.07, 6.45) is 4.91. The van der Waals surface area contributed by atoms with E-state index in [2.05, 4.69) is 5.92 Å². The van der Waals surface area contributed by atoms with Gasteiger partial charge >= 0.3 is 0 Å². The lowest BCUT2D eigenvalue weighted by Gasteiger charge is -2.05. The number of ether oxygens (including phenoxy) is 1. The third kappa shape index (κ3) is 2.19. The molecule has 0 N–H and O–H groups in total. The van der Waals surface area contributed by atoms with Crippen LogP contribution in [0.5, 0.6) is 5.75 Å². The molecule has 0 saturated carbocycles. The summed E-state index contributed by atoms with van der Waals surface area (Å²) in [6.45, 7) is 1.57. The highest BCUT2D eigenvalue weighted by molar-refractivity contribution is 5.30. The van der Waals surface area contributed by atoms with Crippen LogP contribution in [0.1, 0.15) is 5.56 Å². The summed E-state index contributed by atoms with van der Waals surface area (Å²) < 4.78 is 30.5. The second kappa shape index (κ2) is 3.90. The molecular weight excluding hydrogens is 174 g/mol. The molecule has 0 bridgehead atoms. The second-order valence-corrected chi connectivity index (χ2v) is 2.55. The predicted octanol–water partition coefficient (Wildman–Crippen LogP) is 2.29. The van der Waals surface area contributed by atoms with Gasteiger partial charge in [-0.25, -0.2) is 4.39 Å². The highest BCUT2D eigenvalue weighted by atomic mass is 19.2. The van der Waals surface area contributed by atoms with Crippen LogP contribution in [0.3, 0.4) is 0 Å². The number of rotatable bonds is 2. The zero-order chi connectivity index (χ0) is 9.84. The third-order valence-electron chi connectivity index (χ3n) is 1.45. The molecule has 0 aliphatic heterocycles. The van der Waals surface area contributed by atoms with E-state index in [0.29, 0.717) is 5.56 Å². The Hall–Kier alpha value is -1.56. The minimum atomic E-state index is -0.999. The van der Waals surface area contributed by atoms with E-state index in [0.717, 1.165) is 6.07 Å². The summed E-state index contributed by atoms with van der Waals surface area (Å²) in [5.41, 5.74) is 0.589. The van der Waals surface area contributed by atoms with Crippen LogP contribution in [-0.2, 0) is 0 Å². The van der Waals surface area contributed by atoms with Crippen molar-refractivity contribution in [2.24, 2.45) is 0 Å². The van der Waals surface area contributed by atoms with E-state index >= 15 is 0 Å². The molecule has 1 aromatic carbocycles. The van der Waals surface area contributed by atoms with Gasteiger partial charge in [0.25, 0.3) is 0 Å². The van der Waals surface area contributed by atoms with Gasteiger partial charge in [-0.1, -0.05) is 5.92 Å². The van der Waals surface area contributed by atoms with Crippen molar-refractivity contribution in [1.82, 2.24) is 0 Å². The van der Waals surface area contributed by atoms with Crippen LogP contribution in [0.4, 0.5) is 8.78 Å². The van der Waals surface area contributed by atoms with E-state index in [1.165, 1.54) is 6.07 Å². The van der Waals surface area contributed by atoms with Crippen LogP contribution in [0.25, 0.3) is 0 Å². The summed E-state index contributed by atoms with van der Waals surface area (Å²) >= 11 is 0. The van der Waals surface area contributed by atoms with E-state index in [-0.39, 0.29) is 12.4 Å². The Morgan fingerprint density at radius 2 is 2.15 bits per heavy atom. The Labute approximate surface area is 75.3 Å². The van der Waals surface area contributed by atoms with Crippen molar-refractivity contribution in [1.29, 1.82) is 0 Å². The first-order valence-electron chi connectivity index (χ1n) is 3.67. The van der Waals surface area contributed by atoms with E-state index in [1.54, 1.807) is 6.92 Å². The number of hydrogen-bond donors (Lipinski definition) is 0. The lowest BCUT2D eigenvalue weighted by molar-refractivity contribution is 0.338. The fourth-order valence-corrected chi connectivity index (χ4v) is 0.917. The average molecular weight is 182 g/mol. The molecule has 0 aliphatic rings. The van der Waals surface area contributed by atoms with E-state index in [9.17, 15) is 8.78 Å². The molecule has 0 aromatic heterocycles. The molecule has 0 unspecified atom stereocenters. The molecule has 0 heterocycles. The van der Waals surface area contributed by atoms with Crippen LogP contribution < -0.4 is 4.74 Å². The lowest BCUT2D eigenvalue weighted by Crippen LogP contribution is -1.98. The van der Waals surface area contributed by atoms with Crippen LogP contribution in [0.15, 0.2) is 12.1 Å². The summed E-state index contributed by atoms with van der Waals surface area (Å²) in [7, 11) is 0. The van der Waals surface area contributed by atoms with Gasteiger partial charge in [0, 0.05) is 0 Å². The average Bonchev–Trinajstić information content (AvgIpc) is 2.09. The SMILES string of the molecule is C#CCOc1cc(C)cc(F)c1F. The third-order valence-corrected chi connectivity index (χ3v) is 1.45. The van der Waals surface area contributed by atoms with Gasteiger partial charge in [-0.2, -0.15) is 4.39 Å². The minimum absolute atomic E-state index is 0.0696. The van der Waals surface area contributed by atoms with Gasteiger partial charge in [-0.3, -0.25) is 0 Å². The van der Waals surface area contributed by atoms with Gasteiger partial charge in [0.1, 0.15) is 6.61 Å². The van der Waals surface area contributed by atoms with Gasteiger partial charge in [-0.05, 0) is 24.6 Å². The van der Waals surface area contributed by atoms with Crippen LogP contribution in [0.2, 0.25) is 0 Å². The van der Waals surface area contributed by atoms with Crippen molar-refractivity contribution in [3.8, 4) is 18.1 Å². The predicted molar refractivity (Wildman–Crippen MR) is 45.4 cm³/mol. The molecule has 0 amide bonds. The maximum Gasteiger partial charge on any atom is 0.200 e. The molecule has 0 atom stereocenters. The summed E-state index contributed by atoms with van der Waals surface area (Å²) in [4.78, 5) is 0. The summed E-state index contributed by atoms with van der Waals surface area (Å²) in [6, 6.07) is 2.49. The Morgan fingerprint density at radius 1 is 1.46 bits per heavy atom. The smallest absolute Gasteiger partial charge is 0.200 e. The van der Waals surface area contributed by atoms with Gasteiger partial charge in [-0.15, -0.1) is 6.42 Å². The first kappa shape index (κ1) is 9.53. The molecule has 1 rings (SSSR count). The number of halogens is 2. The fraction of sp³-hybridized carbons (Fsp3) is 0.200. The standard InChI is InChI=1S/C10H8F2O/c1-3-4-13-9-6-7(2)5-8(11)10(9)12/h1,5-6H,4H2,2H3. The fourth-order valence-electron chi connectivity index (χ4n) is 0.917. The van der Waals surface area contributed by atoms with E-state index < -0.39 is 11.6 Å².